The van der Waals surface area contributed by atoms with E-state index in [1.165, 1.54) is 19.3 Å². The summed E-state index contributed by atoms with van der Waals surface area (Å²) >= 11 is 0. The predicted octanol–water partition coefficient (Wildman–Crippen LogP) is 1.74. The molecule has 0 radical (unpaired) electrons. The Balaban J connectivity index is 2.58. The molecule has 1 rings (SSSR count). The molecule has 0 aromatic carbocycles. The Bertz CT molecular complexity index is 199. The molecule has 0 heterocycles. The second-order valence-electron chi connectivity index (χ2n) is 3.72. The summed E-state index contributed by atoms with van der Waals surface area (Å²) in [6, 6.07) is 2.24. The van der Waals surface area contributed by atoms with Crippen LogP contribution in [0.25, 0.3) is 0 Å². The number of rotatable bonds is 2. The second-order valence-corrected chi connectivity index (χ2v) is 3.72. The lowest BCUT2D eigenvalue weighted by molar-refractivity contribution is -0.110. The van der Waals surface area contributed by atoms with Crippen molar-refractivity contribution in [2.24, 2.45) is 0 Å². The van der Waals surface area contributed by atoms with Crippen LogP contribution in [0, 0.1) is 11.3 Å². The highest BCUT2D eigenvalue weighted by atomic mass is 16.1. The smallest absolute Gasteiger partial charge is 0.208 e. The number of nitrogens with zero attached hydrogens (tertiary/aromatic N) is 1. The summed E-state index contributed by atoms with van der Waals surface area (Å²) < 4.78 is 0. The van der Waals surface area contributed by atoms with E-state index >= 15 is 0 Å². The summed E-state index contributed by atoms with van der Waals surface area (Å²) in [5.74, 6) is 0. The van der Waals surface area contributed by atoms with Crippen molar-refractivity contribution in [3.8, 4) is 6.07 Å². The molecule has 1 N–H and O–H groups in total. The van der Waals surface area contributed by atoms with Crippen molar-refractivity contribution >= 4 is 6.41 Å². The molecule has 1 amide bonds. The number of nitriles is 1. The van der Waals surface area contributed by atoms with Crippen molar-refractivity contribution in [3.63, 3.8) is 0 Å². The first kappa shape index (κ1) is 10.0. The number of hydrogen-bond donors (Lipinski definition) is 1. The van der Waals surface area contributed by atoms with E-state index in [1.807, 2.05) is 0 Å². The van der Waals surface area contributed by atoms with Crippen LogP contribution in [0.5, 0.6) is 0 Å². The van der Waals surface area contributed by atoms with Crippen LogP contribution in [0.2, 0.25) is 0 Å². The minimum Gasteiger partial charge on any atom is -0.340 e. The average molecular weight is 180 g/mol. The molecule has 0 bridgehead atoms. The van der Waals surface area contributed by atoms with Crippen molar-refractivity contribution in [1.29, 1.82) is 5.26 Å². The SMILES string of the molecule is N#CC1(NC=O)CCCCCCC1. The van der Waals surface area contributed by atoms with E-state index < -0.39 is 5.54 Å². The van der Waals surface area contributed by atoms with E-state index in [9.17, 15) is 4.79 Å². The predicted molar refractivity (Wildman–Crippen MR) is 49.9 cm³/mol. The number of amides is 1. The third kappa shape index (κ3) is 2.73. The summed E-state index contributed by atoms with van der Waals surface area (Å²) in [5.41, 5.74) is -0.567. The largest absolute Gasteiger partial charge is 0.340 e. The first-order valence-corrected chi connectivity index (χ1v) is 4.96. The van der Waals surface area contributed by atoms with Crippen LogP contribution in [-0.2, 0) is 4.79 Å². The molecule has 1 fully saturated rings. The fourth-order valence-corrected chi connectivity index (χ4v) is 1.91. The van der Waals surface area contributed by atoms with Crippen LogP contribution in [-0.4, -0.2) is 11.9 Å². The zero-order valence-electron chi connectivity index (χ0n) is 7.88. The number of carbonyl (C=O) groups is 1. The van der Waals surface area contributed by atoms with Crippen molar-refractivity contribution in [3.05, 3.63) is 0 Å². The third-order valence-electron chi connectivity index (χ3n) is 2.76. The first-order chi connectivity index (χ1) is 6.33. The molecule has 1 aliphatic carbocycles. The number of carbonyl (C=O) groups excluding carboxylic acids is 1. The minimum atomic E-state index is -0.567. The van der Waals surface area contributed by atoms with E-state index in [-0.39, 0.29) is 0 Å². The molecule has 13 heavy (non-hydrogen) atoms. The minimum absolute atomic E-state index is 0.567. The summed E-state index contributed by atoms with van der Waals surface area (Å²) in [6.07, 6.45) is 8.01. The Labute approximate surface area is 79.1 Å². The Morgan fingerprint density at radius 1 is 1.15 bits per heavy atom. The van der Waals surface area contributed by atoms with Gasteiger partial charge in [-0.25, -0.2) is 0 Å². The lowest BCUT2D eigenvalue weighted by Gasteiger charge is -2.27. The topological polar surface area (TPSA) is 52.9 Å². The van der Waals surface area contributed by atoms with Crippen molar-refractivity contribution in [1.82, 2.24) is 5.32 Å². The molecule has 0 aliphatic heterocycles. The lowest BCUT2D eigenvalue weighted by Crippen LogP contribution is -2.43. The van der Waals surface area contributed by atoms with Gasteiger partial charge in [-0.3, -0.25) is 4.79 Å². The van der Waals surface area contributed by atoms with Gasteiger partial charge in [0.1, 0.15) is 5.54 Å². The molecular formula is C10H16N2O. The monoisotopic (exact) mass is 180 g/mol. The quantitative estimate of drug-likeness (QED) is 0.658. The first-order valence-electron chi connectivity index (χ1n) is 4.96. The molecule has 3 nitrogen and oxygen atoms in total. The zero-order chi connectivity index (χ0) is 9.57. The summed E-state index contributed by atoms with van der Waals surface area (Å²) in [4.78, 5) is 10.4. The van der Waals surface area contributed by atoms with Crippen LogP contribution in [0.15, 0.2) is 0 Å². The molecule has 0 aromatic rings. The van der Waals surface area contributed by atoms with E-state index in [1.54, 1.807) is 0 Å². The highest BCUT2D eigenvalue weighted by Gasteiger charge is 2.28. The van der Waals surface area contributed by atoms with E-state index in [0.29, 0.717) is 6.41 Å². The maximum Gasteiger partial charge on any atom is 0.208 e. The fourth-order valence-electron chi connectivity index (χ4n) is 1.91. The highest BCUT2D eigenvalue weighted by molar-refractivity contribution is 5.49. The van der Waals surface area contributed by atoms with Gasteiger partial charge in [-0.05, 0) is 12.8 Å². The molecule has 0 saturated heterocycles. The van der Waals surface area contributed by atoms with E-state index in [4.69, 9.17) is 5.26 Å². The lowest BCUT2D eigenvalue weighted by atomic mass is 9.85. The van der Waals surface area contributed by atoms with Gasteiger partial charge < -0.3 is 5.32 Å². The van der Waals surface area contributed by atoms with Crippen LogP contribution in [0.3, 0.4) is 0 Å². The molecule has 3 heteroatoms. The van der Waals surface area contributed by atoms with E-state index in [2.05, 4.69) is 11.4 Å². The summed E-state index contributed by atoms with van der Waals surface area (Å²) in [5, 5.41) is 11.7. The van der Waals surface area contributed by atoms with Gasteiger partial charge in [0.05, 0.1) is 6.07 Å². The van der Waals surface area contributed by atoms with Gasteiger partial charge in [0.2, 0.25) is 6.41 Å². The van der Waals surface area contributed by atoms with Crippen LogP contribution >= 0.6 is 0 Å². The van der Waals surface area contributed by atoms with Crippen molar-refractivity contribution in [2.75, 3.05) is 0 Å². The normalized spacial score (nSPS) is 22.1. The standard InChI is InChI=1S/C10H16N2O/c11-8-10(12-9-13)6-4-2-1-3-5-7-10/h9H,1-7H2,(H,12,13). The van der Waals surface area contributed by atoms with Gasteiger partial charge >= 0.3 is 0 Å². The Morgan fingerprint density at radius 3 is 2.15 bits per heavy atom. The summed E-state index contributed by atoms with van der Waals surface area (Å²) in [7, 11) is 0. The second kappa shape index (κ2) is 4.86. The highest BCUT2D eigenvalue weighted by Crippen LogP contribution is 2.25. The maximum atomic E-state index is 10.4. The van der Waals surface area contributed by atoms with Crippen LogP contribution in [0.1, 0.15) is 44.9 Å². The Morgan fingerprint density at radius 2 is 1.69 bits per heavy atom. The molecular weight excluding hydrogens is 164 g/mol. The molecule has 0 aromatic heterocycles. The van der Waals surface area contributed by atoms with Gasteiger partial charge in [-0.15, -0.1) is 0 Å². The van der Waals surface area contributed by atoms with E-state index in [0.717, 1.165) is 25.7 Å². The number of hydrogen-bond acceptors (Lipinski definition) is 2. The summed E-state index contributed by atoms with van der Waals surface area (Å²) in [6.45, 7) is 0. The van der Waals surface area contributed by atoms with Crippen molar-refractivity contribution in [2.45, 2.75) is 50.5 Å². The van der Waals surface area contributed by atoms with Gasteiger partial charge in [-0.2, -0.15) is 5.26 Å². The van der Waals surface area contributed by atoms with Crippen LogP contribution < -0.4 is 5.32 Å². The molecule has 0 spiro atoms. The molecule has 0 atom stereocenters. The molecule has 1 aliphatic rings. The van der Waals surface area contributed by atoms with Gasteiger partial charge in [0.15, 0.2) is 0 Å². The Hall–Kier alpha value is -1.04. The average Bonchev–Trinajstić information content (AvgIpc) is 2.10. The third-order valence-corrected chi connectivity index (χ3v) is 2.76. The number of nitrogens with one attached hydrogen (secondary N) is 1. The zero-order valence-corrected chi connectivity index (χ0v) is 7.88. The molecule has 0 unspecified atom stereocenters. The van der Waals surface area contributed by atoms with Crippen molar-refractivity contribution < 1.29 is 4.79 Å². The van der Waals surface area contributed by atoms with Gasteiger partial charge in [0, 0.05) is 0 Å². The Kier molecular flexibility index (Phi) is 3.75. The van der Waals surface area contributed by atoms with Crippen LogP contribution in [0.4, 0.5) is 0 Å². The van der Waals surface area contributed by atoms with Gasteiger partial charge in [0.25, 0.3) is 0 Å². The van der Waals surface area contributed by atoms with Gasteiger partial charge in [-0.1, -0.05) is 32.1 Å². The molecule has 1 saturated carbocycles. The molecule has 72 valence electrons. The maximum absolute atomic E-state index is 10.4. The fraction of sp³-hybridized carbons (Fsp3) is 0.800.